The summed E-state index contributed by atoms with van der Waals surface area (Å²) in [5, 5.41) is 2.04. The van der Waals surface area contributed by atoms with E-state index in [-0.39, 0.29) is 18.1 Å². The zero-order valence-corrected chi connectivity index (χ0v) is 16.4. The topological polar surface area (TPSA) is 43.2 Å². The van der Waals surface area contributed by atoms with Gasteiger partial charge in [0.25, 0.3) is 5.91 Å². The highest BCUT2D eigenvalue weighted by atomic mass is 32.1. The van der Waals surface area contributed by atoms with Crippen molar-refractivity contribution in [3.05, 3.63) is 46.7 Å². The molecule has 26 heavy (non-hydrogen) atoms. The molecule has 1 fully saturated rings. The van der Waals surface area contributed by atoms with E-state index in [4.69, 9.17) is 9.47 Å². The first-order valence-corrected chi connectivity index (χ1v) is 9.89. The van der Waals surface area contributed by atoms with Gasteiger partial charge in [0.05, 0.1) is 13.7 Å². The highest BCUT2D eigenvalue weighted by Gasteiger charge is 2.29. The molecule has 0 saturated carbocycles. The third-order valence-electron chi connectivity index (χ3n) is 4.60. The third kappa shape index (κ3) is 4.84. The number of methoxy groups -OCH3 is 1. The molecule has 1 aliphatic rings. The summed E-state index contributed by atoms with van der Waals surface area (Å²) in [5.41, 5.74) is 0.901. The minimum absolute atomic E-state index is 0.139. The molecule has 1 aromatic heterocycles. The van der Waals surface area contributed by atoms with Crippen LogP contribution in [0.25, 0.3) is 0 Å². The number of hydrogen-bond donors (Lipinski definition) is 1. The molecule has 0 radical (unpaired) electrons. The maximum Gasteiger partial charge on any atom is 0.282 e. The summed E-state index contributed by atoms with van der Waals surface area (Å²) in [6, 6.07) is 11.8. The second kappa shape index (κ2) is 8.66. The van der Waals surface area contributed by atoms with Gasteiger partial charge >= 0.3 is 0 Å². The number of benzene rings is 1. The van der Waals surface area contributed by atoms with Crippen molar-refractivity contribution in [3.63, 3.8) is 0 Å². The molecule has 1 aliphatic heterocycles. The molecule has 2 aromatic rings. The number of carbonyl (C=O) groups is 1. The van der Waals surface area contributed by atoms with Crippen LogP contribution in [-0.4, -0.2) is 44.9 Å². The van der Waals surface area contributed by atoms with Crippen LogP contribution < -0.4 is 14.5 Å². The van der Waals surface area contributed by atoms with Gasteiger partial charge in [-0.3, -0.25) is 4.79 Å². The summed E-state index contributed by atoms with van der Waals surface area (Å²) in [4.78, 5) is 17.5. The molecule has 3 rings (SSSR count). The molecule has 1 aromatic carbocycles. The predicted octanol–water partition coefficient (Wildman–Crippen LogP) is 1.98. The Morgan fingerprint density at radius 2 is 1.92 bits per heavy atom. The average molecular weight is 376 g/mol. The second-order valence-corrected chi connectivity index (χ2v) is 7.88. The van der Waals surface area contributed by atoms with E-state index in [1.807, 2.05) is 40.6 Å². The lowest BCUT2D eigenvalue weighted by Gasteiger charge is -2.33. The quantitative estimate of drug-likeness (QED) is 0.840. The monoisotopic (exact) mass is 375 g/mol. The molecule has 1 amide bonds. The van der Waals surface area contributed by atoms with Crippen LogP contribution in [0, 0.1) is 0 Å². The maximum absolute atomic E-state index is 13.1. The largest absolute Gasteiger partial charge is 0.497 e. The molecular weight excluding hydrogens is 348 g/mol. The van der Waals surface area contributed by atoms with Crippen molar-refractivity contribution < 1.29 is 19.2 Å². The fourth-order valence-corrected chi connectivity index (χ4v) is 4.18. The zero-order chi connectivity index (χ0) is 18.5. The van der Waals surface area contributed by atoms with Crippen LogP contribution in [0.1, 0.15) is 18.7 Å². The highest BCUT2D eigenvalue weighted by molar-refractivity contribution is 7.09. The van der Waals surface area contributed by atoms with Crippen LogP contribution in [0.3, 0.4) is 0 Å². The SMILES string of the molecule is COc1ccc(N(Cc2cccs2)C(=O)C[NH+]2C[C@@H](C)O[C@H](C)C2)cc1. The van der Waals surface area contributed by atoms with E-state index in [1.165, 1.54) is 9.78 Å². The van der Waals surface area contributed by atoms with Crippen molar-refractivity contribution in [3.8, 4) is 5.75 Å². The van der Waals surface area contributed by atoms with Crippen molar-refractivity contribution in [2.24, 2.45) is 0 Å². The minimum atomic E-state index is 0.139. The lowest BCUT2D eigenvalue weighted by atomic mass is 10.2. The van der Waals surface area contributed by atoms with Crippen molar-refractivity contribution in [1.82, 2.24) is 0 Å². The van der Waals surface area contributed by atoms with Gasteiger partial charge in [0, 0.05) is 10.6 Å². The number of anilines is 1. The van der Waals surface area contributed by atoms with E-state index >= 15 is 0 Å². The standard InChI is InChI=1S/C20H26N2O3S/c1-15-11-21(12-16(2)25-15)14-20(23)22(13-19-5-4-10-26-19)17-6-8-18(24-3)9-7-17/h4-10,15-16H,11-14H2,1-3H3/p+1/t15-,16-/m1/s1. The summed E-state index contributed by atoms with van der Waals surface area (Å²) in [7, 11) is 1.65. The number of quaternary nitrogens is 1. The number of rotatable bonds is 6. The summed E-state index contributed by atoms with van der Waals surface area (Å²) in [6.07, 6.45) is 0.376. The van der Waals surface area contributed by atoms with Gasteiger partial charge in [0.15, 0.2) is 6.54 Å². The first-order chi connectivity index (χ1) is 12.5. The Labute approximate surface area is 159 Å². The van der Waals surface area contributed by atoms with Gasteiger partial charge in [-0.2, -0.15) is 0 Å². The second-order valence-electron chi connectivity index (χ2n) is 6.85. The predicted molar refractivity (Wildman–Crippen MR) is 104 cm³/mol. The number of nitrogens with one attached hydrogen (secondary N) is 1. The van der Waals surface area contributed by atoms with Gasteiger partial charge in [0.2, 0.25) is 0 Å². The van der Waals surface area contributed by atoms with E-state index in [0.29, 0.717) is 13.1 Å². The molecule has 5 nitrogen and oxygen atoms in total. The van der Waals surface area contributed by atoms with Gasteiger partial charge in [-0.15, -0.1) is 11.3 Å². The van der Waals surface area contributed by atoms with E-state index in [2.05, 4.69) is 19.9 Å². The van der Waals surface area contributed by atoms with Crippen molar-refractivity contribution in [1.29, 1.82) is 0 Å². The fourth-order valence-electron chi connectivity index (χ4n) is 3.49. The van der Waals surface area contributed by atoms with Crippen LogP contribution in [0.5, 0.6) is 5.75 Å². The third-order valence-corrected chi connectivity index (χ3v) is 5.46. The van der Waals surface area contributed by atoms with E-state index < -0.39 is 0 Å². The molecule has 0 bridgehead atoms. The first-order valence-electron chi connectivity index (χ1n) is 9.01. The normalized spacial score (nSPS) is 22.8. The molecule has 6 heteroatoms. The van der Waals surface area contributed by atoms with Crippen LogP contribution in [0.15, 0.2) is 41.8 Å². The van der Waals surface area contributed by atoms with Crippen LogP contribution in [0.4, 0.5) is 5.69 Å². The van der Waals surface area contributed by atoms with Crippen LogP contribution in [-0.2, 0) is 16.1 Å². The smallest absolute Gasteiger partial charge is 0.282 e. The number of hydrogen-bond acceptors (Lipinski definition) is 4. The molecule has 0 unspecified atom stereocenters. The summed E-state index contributed by atoms with van der Waals surface area (Å²) < 4.78 is 11.0. The zero-order valence-electron chi connectivity index (χ0n) is 15.6. The number of morpholine rings is 1. The number of nitrogens with zero attached hydrogens (tertiary/aromatic N) is 1. The Hall–Kier alpha value is -1.89. The molecule has 1 N–H and O–H groups in total. The number of amides is 1. The minimum Gasteiger partial charge on any atom is -0.497 e. The Morgan fingerprint density at radius 3 is 2.50 bits per heavy atom. The highest BCUT2D eigenvalue weighted by Crippen LogP contribution is 2.22. The van der Waals surface area contributed by atoms with Crippen molar-refractivity contribution in [2.75, 3.05) is 31.6 Å². The van der Waals surface area contributed by atoms with Gasteiger partial charge in [-0.1, -0.05) is 6.07 Å². The summed E-state index contributed by atoms with van der Waals surface area (Å²) in [5.74, 6) is 0.929. The molecule has 0 spiro atoms. The molecule has 0 aliphatic carbocycles. The van der Waals surface area contributed by atoms with Gasteiger partial charge < -0.3 is 19.3 Å². The summed E-state index contributed by atoms with van der Waals surface area (Å²) in [6.45, 7) is 6.96. The van der Waals surface area contributed by atoms with Crippen LogP contribution in [0.2, 0.25) is 0 Å². The van der Waals surface area contributed by atoms with E-state index in [1.54, 1.807) is 18.4 Å². The fraction of sp³-hybridized carbons (Fsp3) is 0.450. The van der Waals surface area contributed by atoms with E-state index in [9.17, 15) is 4.79 Å². The summed E-state index contributed by atoms with van der Waals surface area (Å²) >= 11 is 1.67. The van der Waals surface area contributed by atoms with Crippen molar-refractivity contribution in [2.45, 2.75) is 32.6 Å². The number of carbonyl (C=O) groups excluding carboxylic acids is 1. The number of thiophene rings is 1. The number of ether oxygens (including phenoxy) is 2. The molecule has 1 saturated heterocycles. The lowest BCUT2D eigenvalue weighted by molar-refractivity contribution is -0.907. The Bertz CT molecular complexity index is 692. The van der Waals surface area contributed by atoms with Gasteiger partial charge in [-0.25, -0.2) is 0 Å². The average Bonchev–Trinajstić information content (AvgIpc) is 3.12. The maximum atomic E-state index is 13.1. The Balaban J connectivity index is 1.76. The van der Waals surface area contributed by atoms with Crippen molar-refractivity contribution >= 4 is 22.9 Å². The van der Waals surface area contributed by atoms with Gasteiger partial charge in [-0.05, 0) is 49.6 Å². The first kappa shape index (κ1) is 18.9. The molecule has 140 valence electrons. The molecular formula is C20H27N2O3S+. The molecule has 2 atom stereocenters. The Morgan fingerprint density at radius 1 is 1.23 bits per heavy atom. The van der Waals surface area contributed by atoms with Crippen LogP contribution >= 0.6 is 11.3 Å². The Kier molecular flexibility index (Phi) is 6.29. The lowest BCUT2D eigenvalue weighted by Crippen LogP contribution is -3.16. The van der Waals surface area contributed by atoms with Gasteiger partial charge in [0.1, 0.15) is 31.0 Å². The molecule has 2 heterocycles. The van der Waals surface area contributed by atoms with E-state index in [0.717, 1.165) is 24.5 Å².